The third-order valence-corrected chi connectivity index (χ3v) is 1.89. The van der Waals surface area contributed by atoms with E-state index < -0.39 is 11.9 Å². The van der Waals surface area contributed by atoms with Gasteiger partial charge in [-0.05, 0) is 12.8 Å². The van der Waals surface area contributed by atoms with Gasteiger partial charge in [-0.3, -0.25) is 0 Å². The number of unbranched alkanes of at least 4 members (excludes halogenated alkanes) is 2. The van der Waals surface area contributed by atoms with Gasteiger partial charge in [0.25, 0.3) is 0 Å². The van der Waals surface area contributed by atoms with Crippen molar-refractivity contribution in [1.82, 2.24) is 0 Å². The molecule has 0 spiro atoms. The van der Waals surface area contributed by atoms with Crippen molar-refractivity contribution in [1.29, 1.82) is 0 Å². The van der Waals surface area contributed by atoms with Crippen LogP contribution in [-0.2, 0) is 19.2 Å². The van der Waals surface area contributed by atoms with Crippen LogP contribution in [0.15, 0.2) is 0 Å². The molecule has 0 rings (SSSR count). The van der Waals surface area contributed by atoms with Gasteiger partial charge in [-0.1, -0.05) is 26.7 Å². The first-order valence-corrected chi connectivity index (χ1v) is 6.18. The summed E-state index contributed by atoms with van der Waals surface area (Å²) in [5, 5.41) is 0. The number of hydrogen-bond acceptors (Lipinski definition) is 5. The molecule has 0 radical (unpaired) electrons. The van der Waals surface area contributed by atoms with E-state index in [-0.39, 0.29) is 0 Å². The zero-order chi connectivity index (χ0) is 13.1. The maximum atomic E-state index is 11.2. The SMILES string of the molecule is CCCCOOC(C)(C)OC(=O)OCCCC. The van der Waals surface area contributed by atoms with Crippen molar-refractivity contribution in [2.24, 2.45) is 0 Å². The molecule has 0 unspecified atom stereocenters. The molecule has 0 aliphatic rings. The number of ether oxygens (including phenoxy) is 2. The molecule has 5 heteroatoms. The Bertz CT molecular complexity index is 203. The lowest BCUT2D eigenvalue weighted by Crippen LogP contribution is -2.32. The van der Waals surface area contributed by atoms with Crippen LogP contribution < -0.4 is 0 Å². The number of carbonyl (C=O) groups excluding carboxylic acids is 1. The van der Waals surface area contributed by atoms with Crippen LogP contribution in [0.25, 0.3) is 0 Å². The zero-order valence-electron chi connectivity index (χ0n) is 11.3. The molecule has 0 amide bonds. The van der Waals surface area contributed by atoms with E-state index in [0.29, 0.717) is 13.2 Å². The van der Waals surface area contributed by atoms with Gasteiger partial charge in [0, 0.05) is 13.8 Å². The quantitative estimate of drug-likeness (QED) is 0.206. The normalized spacial score (nSPS) is 11.3. The van der Waals surface area contributed by atoms with Crippen LogP contribution in [0.1, 0.15) is 53.4 Å². The summed E-state index contributed by atoms with van der Waals surface area (Å²) in [7, 11) is 0. The third-order valence-electron chi connectivity index (χ3n) is 1.89. The first kappa shape index (κ1) is 16.2. The monoisotopic (exact) mass is 248 g/mol. The zero-order valence-corrected chi connectivity index (χ0v) is 11.3. The molecular formula is C12H24O5. The first-order valence-electron chi connectivity index (χ1n) is 6.18. The van der Waals surface area contributed by atoms with Gasteiger partial charge in [-0.2, -0.15) is 4.89 Å². The highest BCUT2D eigenvalue weighted by atomic mass is 17.2. The third kappa shape index (κ3) is 10.1. The van der Waals surface area contributed by atoms with Crippen molar-refractivity contribution in [3.05, 3.63) is 0 Å². The fourth-order valence-corrected chi connectivity index (χ4v) is 0.934. The lowest BCUT2D eigenvalue weighted by Gasteiger charge is -2.22. The molecule has 0 aromatic heterocycles. The predicted molar refractivity (Wildman–Crippen MR) is 63.4 cm³/mol. The Labute approximate surface area is 103 Å². The Morgan fingerprint density at radius 3 is 2.24 bits per heavy atom. The topological polar surface area (TPSA) is 54.0 Å². The first-order chi connectivity index (χ1) is 8.02. The lowest BCUT2D eigenvalue weighted by molar-refractivity contribution is -0.407. The van der Waals surface area contributed by atoms with Crippen molar-refractivity contribution in [3.8, 4) is 0 Å². The minimum Gasteiger partial charge on any atom is -0.434 e. The minimum absolute atomic E-state index is 0.363. The summed E-state index contributed by atoms with van der Waals surface area (Å²) in [5.41, 5.74) is 0. The maximum Gasteiger partial charge on any atom is 0.510 e. The molecule has 0 aliphatic heterocycles. The van der Waals surface area contributed by atoms with Gasteiger partial charge >= 0.3 is 6.16 Å². The van der Waals surface area contributed by atoms with Crippen molar-refractivity contribution in [2.75, 3.05) is 13.2 Å². The number of rotatable bonds is 9. The van der Waals surface area contributed by atoms with Crippen LogP contribution >= 0.6 is 0 Å². The van der Waals surface area contributed by atoms with Crippen molar-refractivity contribution >= 4 is 6.16 Å². The molecule has 102 valence electrons. The summed E-state index contributed by atoms with van der Waals surface area (Å²) in [6.45, 7) is 8.11. The predicted octanol–water partition coefficient (Wildman–Crippen LogP) is 3.42. The Balaban J connectivity index is 3.70. The van der Waals surface area contributed by atoms with Gasteiger partial charge < -0.3 is 9.47 Å². The Morgan fingerprint density at radius 1 is 1.06 bits per heavy atom. The van der Waals surface area contributed by atoms with E-state index in [1.54, 1.807) is 13.8 Å². The highest BCUT2D eigenvalue weighted by Gasteiger charge is 2.26. The molecule has 0 aromatic rings. The van der Waals surface area contributed by atoms with E-state index in [2.05, 4.69) is 6.92 Å². The molecule has 0 saturated heterocycles. The highest BCUT2D eigenvalue weighted by Crippen LogP contribution is 2.13. The minimum atomic E-state index is -1.13. The van der Waals surface area contributed by atoms with E-state index >= 15 is 0 Å². The second-order valence-electron chi connectivity index (χ2n) is 4.21. The molecule has 17 heavy (non-hydrogen) atoms. The summed E-state index contributed by atoms with van der Waals surface area (Å²) in [6, 6.07) is 0. The molecule has 0 aromatic carbocycles. The molecule has 0 N–H and O–H groups in total. The van der Waals surface area contributed by atoms with Gasteiger partial charge in [0.15, 0.2) is 0 Å². The molecule has 5 nitrogen and oxygen atoms in total. The summed E-state index contributed by atoms with van der Waals surface area (Å²) >= 11 is 0. The maximum absolute atomic E-state index is 11.2. The molecule has 0 atom stereocenters. The molecule has 0 fully saturated rings. The average molecular weight is 248 g/mol. The Morgan fingerprint density at radius 2 is 1.65 bits per heavy atom. The van der Waals surface area contributed by atoms with E-state index in [4.69, 9.17) is 19.2 Å². The van der Waals surface area contributed by atoms with Crippen molar-refractivity contribution < 1.29 is 24.0 Å². The van der Waals surface area contributed by atoms with Crippen LogP contribution in [0.5, 0.6) is 0 Å². The number of hydrogen-bond donors (Lipinski definition) is 0. The lowest BCUT2D eigenvalue weighted by atomic mass is 10.4. The second kappa shape index (κ2) is 9.24. The molecule has 0 aliphatic carbocycles. The Hall–Kier alpha value is -0.810. The van der Waals surface area contributed by atoms with Gasteiger partial charge in [-0.15, -0.1) is 0 Å². The van der Waals surface area contributed by atoms with Crippen LogP contribution in [0.2, 0.25) is 0 Å². The van der Waals surface area contributed by atoms with E-state index in [1.807, 2.05) is 6.92 Å². The molecular weight excluding hydrogens is 224 g/mol. The van der Waals surface area contributed by atoms with E-state index in [9.17, 15) is 4.79 Å². The van der Waals surface area contributed by atoms with Crippen molar-refractivity contribution in [3.63, 3.8) is 0 Å². The van der Waals surface area contributed by atoms with Crippen LogP contribution in [-0.4, -0.2) is 25.2 Å². The van der Waals surface area contributed by atoms with Crippen molar-refractivity contribution in [2.45, 2.75) is 59.2 Å². The molecule has 0 heterocycles. The summed E-state index contributed by atoms with van der Waals surface area (Å²) in [6.07, 6.45) is 2.97. The van der Waals surface area contributed by atoms with Gasteiger partial charge in [-0.25, -0.2) is 9.68 Å². The number of carbonyl (C=O) groups is 1. The van der Waals surface area contributed by atoms with E-state index in [1.165, 1.54) is 0 Å². The fraction of sp³-hybridized carbons (Fsp3) is 0.917. The van der Waals surface area contributed by atoms with Gasteiger partial charge in [0.1, 0.15) is 0 Å². The van der Waals surface area contributed by atoms with Crippen LogP contribution in [0.4, 0.5) is 4.79 Å². The second-order valence-corrected chi connectivity index (χ2v) is 4.21. The fourth-order valence-electron chi connectivity index (χ4n) is 0.934. The largest absolute Gasteiger partial charge is 0.510 e. The summed E-state index contributed by atoms with van der Waals surface area (Å²) in [5.74, 6) is -1.13. The smallest absolute Gasteiger partial charge is 0.434 e. The standard InChI is InChI=1S/C12H24O5/c1-5-7-9-14-11(13)16-12(3,4)17-15-10-8-6-2/h5-10H2,1-4H3. The average Bonchev–Trinajstić information content (AvgIpc) is 2.24. The van der Waals surface area contributed by atoms with Crippen LogP contribution in [0, 0.1) is 0 Å². The van der Waals surface area contributed by atoms with Crippen LogP contribution in [0.3, 0.4) is 0 Å². The van der Waals surface area contributed by atoms with Gasteiger partial charge in [0.2, 0.25) is 5.79 Å². The highest BCUT2D eigenvalue weighted by molar-refractivity contribution is 5.60. The van der Waals surface area contributed by atoms with Gasteiger partial charge in [0.05, 0.1) is 13.2 Å². The summed E-state index contributed by atoms with van der Waals surface area (Å²) in [4.78, 5) is 21.2. The molecule has 0 saturated carbocycles. The van der Waals surface area contributed by atoms with E-state index in [0.717, 1.165) is 25.7 Å². The molecule has 0 bridgehead atoms. The summed E-state index contributed by atoms with van der Waals surface area (Å²) < 4.78 is 9.81. The Kier molecular flexibility index (Phi) is 8.80.